The van der Waals surface area contributed by atoms with Gasteiger partial charge in [0.1, 0.15) is 46.0 Å². The first-order valence-electron chi connectivity index (χ1n) is 25.2. The van der Waals surface area contributed by atoms with E-state index in [1.807, 2.05) is 97.9 Å². The lowest BCUT2D eigenvalue weighted by Gasteiger charge is -2.30. The lowest BCUT2D eigenvalue weighted by Crippen LogP contribution is -2.13. The highest BCUT2D eigenvalue weighted by Crippen LogP contribution is 2.54. The zero-order valence-electron chi connectivity index (χ0n) is 43.2. The monoisotopic (exact) mass is 976 g/mol. The molecule has 0 fully saturated rings. The molecule has 8 bridgehead atoms. The summed E-state index contributed by atoms with van der Waals surface area (Å²) < 4.78 is 0. The Balaban J connectivity index is 1.56. The number of rotatable bonds is 10. The van der Waals surface area contributed by atoms with Crippen molar-refractivity contribution in [3.63, 3.8) is 0 Å². The molecule has 73 heavy (non-hydrogen) atoms. The predicted molar refractivity (Wildman–Crippen MR) is 292 cm³/mol. The van der Waals surface area contributed by atoms with Crippen LogP contribution in [0.15, 0.2) is 157 Å². The minimum Gasteiger partial charge on any atom is -0.507 e. The molecule has 1 aliphatic rings. The van der Waals surface area contributed by atoms with Crippen LogP contribution in [0, 0.1) is 5.92 Å². The van der Waals surface area contributed by atoms with E-state index in [1.54, 1.807) is 24.3 Å². The van der Waals surface area contributed by atoms with E-state index in [9.17, 15) is 40.9 Å². The van der Waals surface area contributed by atoms with Gasteiger partial charge in [-0.15, -0.1) is 0 Å². The molecule has 0 heterocycles. The molecular formula is C65H68O8. The average molecular weight is 977 g/mol. The van der Waals surface area contributed by atoms with E-state index in [1.165, 1.54) is 24.3 Å². The van der Waals surface area contributed by atoms with E-state index in [2.05, 4.69) is 62.0 Å². The van der Waals surface area contributed by atoms with Gasteiger partial charge in [-0.05, 0) is 99.4 Å². The molecule has 0 spiro atoms. The Morgan fingerprint density at radius 3 is 0.849 bits per heavy atom. The molecule has 0 saturated carbocycles. The zero-order valence-corrected chi connectivity index (χ0v) is 43.2. The summed E-state index contributed by atoms with van der Waals surface area (Å²) in [6, 6.07) is 35.4. The molecular weight excluding hydrogens is 909 g/mol. The minimum absolute atomic E-state index is 0.156. The van der Waals surface area contributed by atoms with Gasteiger partial charge >= 0.3 is 0 Å². The van der Waals surface area contributed by atoms with Crippen molar-refractivity contribution in [3.8, 4) is 46.0 Å². The normalized spacial score (nSPS) is 17.0. The lowest BCUT2D eigenvalue weighted by molar-refractivity contribution is 0.431. The SMILES string of the molecule is C=C(/C=C\C(=C/C)C(C)C)C1c2cc(c(O)cc2O)C(c2ccc(C(C)C)cc2)c2cc(c(O)cc2O)C(c2ccc(C(C)C)cc2)c2cc(c(O)cc2O)C(c2ccc(C(C)C)cc2)c2cc1c(O)cc2O. The van der Waals surface area contributed by atoms with Gasteiger partial charge in [0.15, 0.2) is 0 Å². The highest BCUT2D eigenvalue weighted by molar-refractivity contribution is 5.67. The molecule has 1 aliphatic carbocycles. The van der Waals surface area contributed by atoms with Crippen LogP contribution in [0.2, 0.25) is 0 Å². The topological polar surface area (TPSA) is 162 Å². The fourth-order valence-electron chi connectivity index (χ4n) is 10.6. The number of benzene rings is 7. The summed E-state index contributed by atoms with van der Waals surface area (Å²) in [5.41, 5.74) is 8.97. The zero-order chi connectivity index (χ0) is 52.7. The van der Waals surface area contributed by atoms with Gasteiger partial charge in [0.25, 0.3) is 0 Å². The first-order chi connectivity index (χ1) is 34.7. The summed E-state index contributed by atoms with van der Waals surface area (Å²) in [5.74, 6) is -5.37. The minimum atomic E-state index is -1.02. The second kappa shape index (κ2) is 20.7. The third kappa shape index (κ3) is 10.0. The Morgan fingerprint density at radius 2 is 0.616 bits per heavy atom. The third-order valence-corrected chi connectivity index (χ3v) is 14.9. The predicted octanol–water partition coefficient (Wildman–Crippen LogP) is 15.4. The quantitative estimate of drug-likeness (QED) is 0.0629. The molecule has 8 rings (SSSR count). The van der Waals surface area contributed by atoms with Gasteiger partial charge in [0.2, 0.25) is 0 Å². The van der Waals surface area contributed by atoms with E-state index < -0.39 is 23.7 Å². The fraction of sp³-hybridized carbons (Fsp3) is 0.262. The second-order valence-electron chi connectivity index (χ2n) is 20.9. The van der Waals surface area contributed by atoms with Crippen LogP contribution >= 0.6 is 0 Å². The van der Waals surface area contributed by atoms with Crippen molar-refractivity contribution >= 4 is 0 Å². The summed E-state index contributed by atoms with van der Waals surface area (Å²) in [7, 11) is 0. The van der Waals surface area contributed by atoms with Crippen molar-refractivity contribution in [1.29, 1.82) is 0 Å². The van der Waals surface area contributed by atoms with E-state index >= 15 is 0 Å². The lowest BCUT2D eigenvalue weighted by atomic mass is 9.75. The standard InChI is InChI=1S/C65H68O8/c1-11-39(34(2)3)13-12-38(10)62-46-26-48(56(68)30-54(46)66)63(43-20-14-40(15-21-43)35(4)5)50-28-52(60(72)32-58(50)70)65(45-24-18-42(19-25-45)37(8)9)53-29-51(59(71)33-61(53)73)64(44-22-16-41(17-23-44)36(6)7)49-27-47(62)55(67)31-57(49)69/h11-37,62-73H,10H2,1-9H3/b13-12-,39-11+. The summed E-state index contributed by atoms with van der Waals surface area (Å²) >= 11 is 0. The molecule has 0 aliphatic heterocycles. The highest BCUT2D eigenvalue weighted by atomic mass is 16.3. The van der Waals surface area contributed by atoms with Crippen LogP contribution in [0.3, 0.4) is 0 Å². The molecule has 0 saturated heterocycles. The largest absolute Gasteiger partial charge is 0.507 e. The van der Waals surface area contributed by atoms with Gasteiger partial charge < -0.3 is 40.9 Å². The van der Waals surface area contributed by atoms with E-state index in [0.717, 1.165) is 22.3 Å². The number of phenolic OH excluding ortho intramolecular Hbond substituents is 8. The summed E-state index contributed by atoms with van der Waals surface area (Å²) in [6.45, 7) is 23.2. The van der Waals surface area contributed by atoms with Gasteiger partial charge in [-0.25, -0.2) is 0 Å². The number of phenols is 8. The molecule has 376 valence electrons. The van der Waals surface area contributed by atoms with Crippen molar-refractivity contribution in [3.05, 3.63) is 235 Å². The molecule has 2 atom stereocenters. The van der Waals surface area contributed by atoms with Crippen LogP contribution in [0.25, 0.3) is 0 Å². The molecule has 0 amide bonds. The maximum absolute atomic E-state index is 12.2. The van der Waals surface area contributed by atoms with Gasteiger partial charge in [-0.2, -0.15) is 0 Å². The molecule has 8 nitrogen and oxygen atoms in total. The van der Waals surface area contributed by atoms with Gasteiger partial charge in [0, 0.05) is 92.4 Å². The highest BCUT2D eigenvalue weighted by Gasteiger charge is 2.35. The van der Waals surface area contributed by atoms with Crippen molar-refractivity contribution in [2.24, 2.45) is 5.92 Å². The van der Waals surface area contributed by atoms with Crippen LogP contribution < -0.4 is 0 Å². The summed E-state index contributed by atoms with van der Waals surface area (Å²) in [6.07, 6.45) is 5.79. The molecule has 7 aromatic rings. The van der Waals surface area contributed by atoms with Crippen molar-refractivity contribution in [2.75, 3.05) is 0 Å². The summed E-state index contributed by atoms with van der Waals surface area (Å²) in [5, 5.41) is 97.7. The number of aromatic hydroxyl groups is 8. The van der Waals surface area contributed by atoms with E-state index in [0.29, 0.717) is 44.5 Å². The fourth-order valence-corrected chi connectivity index (χ4v) is 10.6. The first-order valence-corrected chi connectivity index (χ1v) is 25.2. The Hall–Kier alpha value is -7.84. The number of hydrogen-bond donors (Lipinski definition) is 8. The average Bonchev–Trinajstić information content (AvgIpc) is 3.34. The second-order valence-corrected chi connectivity index (χ2v) is 20.9. The molecule has 0 aromatic heterocycles. The number of hydrogen-bond acceptors (Lipinski definition) is 8. The Kier molecular flexibility index (Phi) is 14.6. The molecule has 8 N–H and O–H groups in total. The Morgan fingerprint density at radius 1 is 0.370 bits per heavy atom. The van der Waals surface area contributed by atoms with Crippen LogP contribution in [-0.2, 0) is 0 Å². The number of allylic oxidation sites excluding steroid dienone is 5. The molecule has 2 unspecified atom stereocenters. The van der Waals surface area contributed by atoms with Crippen molar-refractivity contribution in [2.45, 2.75) is 104 Å². The van der Waals surface area contributed by atoms with Crippen molar-refractivity contribution in [1.82, 2.24) is 0 Å². The van der Waals surface area contributed by atoms with Crippen LogP contribution in [0.4, 0.5) is 0 Å². The Bertz CT molecular complexity index is 3080. The smallest absolute Gasteiger partial charge is 0.123 e. The molecule has 7 aromatic carbocycles. The van der Waals surface area contributed by atoms with Crippen LogP contribution in [0.1, 0.15) is 182 Å². The molecule has 8 heteroatoms. The third-order valence-electron chi connectivity index (χ3n) is 14.9. The van der Waals surface area contributed by atoms with Gasteiger partial charge in [-0.3, -0.25) is 0 Å². The summed E-state index contributed by atoms with van der Waals surface area (Å²) in [4.78, 5) is 0. The first kappa shape index (κ1) is 51.5. The maximum Gasteiger partial charge on any atom is 0.123 e. The van der Waals surface area contributed by atoms with Gasteiger partial charge in [0.05, 0.1) is 0 Å². The van der Waals surface area contributed by atoms with E-state index in [-0.39, 0.29) is 91.9 Å². The van der Waals surface area contributed by atoms with Crippen molar-refractivity contribution < 1.29 is 40.9 Å². The van der Waals surface area contributed by atoms with Crippen LogP contribution in [0.5, 0.6) is 46.0 Å². The van der Waals surface area contributed by atoms with E-state index in [4.69, 9.17) is 0 Å². The number of fused-ring (bicyclic) bond motifs is 8. The maximum atomic E-state index is 12.2. The van der Waals surface area contributed by atoms with Crippen LogP contribution in [-0.4, -0.2) is 40.9 Å². The Labute approximate surface area is 429 Å². The van der Waals surface area contributed by atoms with Gasteiger partial charge in [-0.1, -0.05) is 153 Å². The molecule has 0 radical (unpaired) electrons.